The Labute approximate surface area is 197 Å². The summed E-state index contributed by atoms with van der Waals surface area (Å²) >= 11 is 1.03. The first kappa shape index (κ1) is 26.2. The Morgan fingerprint density at radius 3 is 2.58 bits per heavy atom. The number of carbonyl (C=O) groups excluding carboxylic acids is 4. The Hall–Kier alpha value is -3.01. The molecule has 1 aliphatic heterocycles. The summed E-state index contributed by atoms with van der Waals surface area (Å²) in [5.74, 6) is -0.943. The summed E-state index contributed by atoms with van der Waals surface area (Å²) < 4.78 is 15.2. The van der Waals surface area contributed by atoms with Crippen molar-refractivity contribution in [3.63, 3.8) is 0 Å². The highest BCUT2D eigenvalue weighted by molar-refractivity contribution is 8.13. The molecule has 0 spiro atoms. The van der Waals surface area contributed by atoms with Crippen LogP contribution in [0.1, 0.15) is 47.9 Å². The molecular weight excluding hydrogens is 448 g/mol. The van der Waals surface area contributed by atoms with Gasteiger partial charge in [0.2, 0.25) is 0 Å². The zero-order valence-corrected chi connectivity index (χ0v) is 20.1. The van der Waals surface area contributed by atoms with Crippen LogP contribution in [-0.2, 0) is 14.2 Å². The number of rotatable bonds is 7. The normalized spacial score (nSPS) is 17.8. The fourth-order valence-electron chi connectivity index (χ4n) is 3.22. The van der Waals surface area contributed by atoms with Crippen molar-refractivity contribution in [2.75, 3.05) is 26.8 Å². The average molecular weight is 479 g/mol. The van der Waals surface area contributed by atoms with Crippen LogP contribution in [0.4, 0.5) is 9.59 Å². The first-order valence-corrected chi connectivity index (χ1v) is 11.3. The lowest BCUT2D eigenvalue weighted by Gasteiger charge is -2.24. The summed E-state index contributed by atoms with van der Waals surface area (Å²) in [6, 6.07) is 5.77. The third kappa shape index (κ3) is 8.12. The summed E-state index contributed by atoms with van der Waals surface area (Å²) in [5, 5.41) is 2.16. The molecule has 1 heterocycles. The van der Waals surface area contributed by atoms with Crippen LogP contribution in [-0.4, -0.2) is 71.9 Å². The number of hydrogen-bond donors (Lipinski definition) is 1. The molecule has 0 aromatic heterocycles. The fourth-order valence-corrected chi connectivity index (χ4v) is 4.34. The third-order valence-electron chi connectivity index (χ3n) is 4.63. The standard InChI is InChI=1S/C23H30N2O7S/c1-6-10-31-21(28)25-14-18(33-22(29)32-23(2,3)4)12-17(25)13-24-19(26)15-8-7-9-16(11-15)20(27)30-5/h6-9,11,17-18H,1,10,12-14H2,2-5H3,(H,24,26). The molecule has 1 aromatic carbocycles. The highest BCUT2D eigenvalue weighted by Gasteiger charge is 2.38. The van der Waals surface area contributed by atoms with Crippen LogP contribution in [0.3, 0.4) is 0 Å². The van der Waals surface area contributed by atoms with Crippen LogP contribution in [0.2, 0.25) is 0 Å². The van der Waals surface area contributed by atoms with Gasteiger partial charge in [-0.2, -0.15) is 0 Å². The Bertz CT molecular complexity index is 897. The quantitative estimate of drug-likeness (QED) is 0.359. The number of thioether (sulfide) groups is 1. The zero-order chi connectivity index (χ0) is 24.6. The number of amides is 2. The number of esters is 1. The fraction of sp³-hybridized carbons (Fsp3) is 0.478. The van der Waals surface area contributed by atoms with Crippen molar-refractivity contribution in [2.45, 2.75) is 44.1 Å². The summed E-state index contributed by atoms with van der Waals surface area (Å²) in [6.45, 7) is 9.37. The lowest BCUT2D eigenvalue weighted by atomic mass is 10.1. The van der Waals surface area contributed by atoms with Crippen molar-refractivity contribution >= 4 is 35.0 Å². The molecule has 1 fully saturated rings. The first-order valence-electron chi connectivity index (χ1n) is 10.4. The largest absolute Gasteiger partial charge is 0.465 e. The van der Waals surface area contributed by atoms with E-state index < -0.39 is 28.9 Å². The van der Waals surface area contributed by atoms with Crippen LogP contribution in [0.25, 0.3) is 0 Å². The van der Waals surface area contributed by atoms with E-state index in [4.69, 9.17) is 9.47 Å². The topological polar surface area (TPSA) is 111 Å². The van der Waals surface area contributed by atoms with Crippen molar-refractivity contribution in [1.82, 2.24) is 10.2 Å². The van der Waals surface area contributed by atoms with Crippen LogP contribution in [0, 0.1) is 0 Å². The molecule has 33 heavy (non-hydrogen) atoms. The minimum Gasteiger partial charge on any atom is -0.465 e. The number of methoxy groups -OCH3 is 1. The number of hydrogen-bond acceptors (Lipinski definition) is 8. The predicted molar refractivity (Wildman–Crippen MR) is 124 cm³/mol. The second-order valence-corrected chi connectivity index (χ2v) is 9.63. The lowest BCUT2D eigenvalue weighted by molar-refractivity contribution is 0.0600. The van der Waals surface area contributed by atoms with Gasteiger partial charge in [-0.15, -0.1) is 0 Å². The van der Waals surface area contributed by atoms with Gasteiger partial charge in [0.15, 0.2) is 0 Å². The molecule has 2 atom stereocenters. The molecule has 1 N–H and O–H groups in total. The Balaban J connectivity index is 2.05. The van der Waals surface area contributed by atoms with Gasteiger partial charge in [0.1, 0.15) is 12.2 Å². The van der Waals surface area contributed by atoms with Gasteiger partial charge in [-0.05, 0) is 57.2 Å². The van der Waals surface area contributed by atoms with E-state index in [9.17, 15) is 19.2 Å². The van der Waals surface area contributed by atoms with Crippen molar-refractivity contribution in [2.24, 2.45) is 0 Å². The number of nitrogens with one attached hydrogen (secondary N) is 1. The Kier molecular flexibility index (Phi) is 9.33. The smallest absolute Gasteiger partial charge is 0.410 e. The van der Waals surface area contributed by atoms with Crippen LogP contribution >= 0.6 is 11.8 Å². The zero-order valence-electron chi connectivity index (χ0n) is 19.3. The molecule has 0 saturated carbocycles. The Morgan fingerprint density at radius 2 is 1.94 bits per heavy atom. The van der Waals surface area contributed by atoms with Gasteiger partial charge >= 0.3 is 17.4 Å². The van der Waals surface area contributed by atoms with Gasteiger partial charge in [0.05, 0.1) is 18.7 Å². The molecule has 2 amide bonds. The first-order chi connectivity index (χ1) is 15.5. The van der Waals surface area contributed by atoms with E-state index in [0.29, 0.717) is 6.42 Å². The maximum Gasteiger partial charge on any atom is 0.410 e. The number of benzene rings is 1. The molecule has 0 aliphatic carbocycles. The third-order valence-corrected chi connectivity index (χ3v) is 5.58. The molecule has 1 aliphatic rings. The van der Waals surface area contributed by atoms with E-state index >= 15 is 0 Å². The molecule has 180 valence electrons. The van der Waals surface area contributed by atoms with Gasteiger partial charge in [0.25, 0.3) is 5.91 Å². The number of ether oxygens (including phenoxy) is 3. The monoisotopic (exact) mass is 478 g/mol. The molecule has 1 aromatic rings. The van der Waals surface area contributed by atoms with Gasteiger partial charge in [-0.1, -0.05) is 18.7 Å². The summed E-state index contributed by atoms with van der Waals surface area (Å²) in [5.41, 5.74) is -0.0666. The van der Waals surface area contributed by atoms with E-state index in [2.05, 4.69) is 16.6 Å². The van der Waals surface area contributed by atoms with E-state index in [-0.39, 0.29) is 42.1 Å². The maximum absolute atomic E-state index is 12.6. The van der Waals surface area contributed by atoms with E-state index in [0.717, 1.165) is 11.8 Å². The molecule has 0 bridgehead atoms. The maximum atomic E-state index is 12.6. The molecule has 1 saturated heterocycles. The molecular formula is C23H30N2O7S. The van der Waals surface area contributed by atoms with Gasteiger partial charge in [-0.25, -0.2) is 14.4 Å². The second-order valence-electron chi connectivity index (χ2n) is 8.39. The van der Waals surface area contributed by atoms with E-state index in [1.54, 1.807) is 39.0 Å². The molecule has 0 radical (unpaired) electrons. The van der Waals surface area contributed by atoms with E-state index in [1.807, 2.05) is 0 Å². The van der Waals surface area contributed by atoms with Crippen LogP contribution in [0.15, 0.2) is 36.9 Å². The lowest BCUT2D eigenvalue weighted by Crippen LogP contribution is -2.43. The second kappa shape index (κ2) is 11.7. The van der Waals surface area contributed by atoms with Crippen molar-refractivity contribution in [1.29, 1.82) is 0 Å². The number of carbonyl (C=O) groups is 4. The number of likely N-dealkylation sites (tertiary alicyclic amines) is 1. The van der Waals surface area contributed by atoms with Crippen molar-refractivity contribution < 1.29 is 33.4 Å². The van der Waals surface area contributed by atoms with E-state index in [1.165, 1.54) is 24.2 Å². The van der Waals surface area contributed by atoms with Gasteiger partial charge in [-0.3, -0.25) is 4.79 Å². The number of nitrogens with zero attached hydrogens (tertiary/aromatic N) is 1. The van der Waals surface area contributed by atoms with Crippen LogP contribution < -0.4 is 5.32 Å². The molecule has 2 rings (SSSR count). The summed E-state index contributed by atoms with van der Waals surface area (Å²) in [7, 11) is 1.26. The summed E-state index contributed by atoms with van der Waals surface area (Å²) in [4.78, 5) is 50.6. The van der Waals surface area contributed by atoms with Crippen molar-refractivity contribution in [3.05, 3.63) is 48.0 Å². The Morgan fingerprint density at radius 1 is 1.24 bits per heavy atom. The average Bonchev–Trinajstić information content (AvgIpc) is 3.16. The SMILES string of the molecule is C=CCOC(=O)N1CC(SC(=O)OC(C)(C)C)CC1CNC(=O)c1cccc(C(=O)OC)c1. The van der Waals surface area contributed by atoms with Crippen molar-refractivity contribution in [3.8, 4) is 0 Å². The molecule has 10 heteroatoms. The van der Waals surface area contributed by atoms with Crippen LogP contribution in [0.5, 0.6) is 0 Å². The minimum atomic E-state index is -0.614. The minimum absolute atomic E-state index is 0.0542. The molecule has 2 unspecified atom stereocenters. The highest BCUT2D eigenvalue weighted by atomic mass is 32.2. The summed E-state index contributed by atoms with van der Waals surface area (Å²) in [6.07, 6.45) is 1.38. The predicted octanol–water partition coefficient (Wildman–Crippen LogP) is 3.64. The molecule has 9 nitrogen and oxygen atoms in total. The van der Waals surface area contributed by atoms with Gasteiger partial charge < -0.3 is 24.4 Å². The highest BCUT2D eigenvalue weighted by Crippen LogP contribution is 2.30. The van der Waals surface area contributed by atoms with Gasteiger partial charge in [0, 0.05) is 23.9 Å².